The Morgan fingerprint density at radius 3 is 3.22 bits per heavy atom. The number of nitrogens with zero attached hydrogens (tertiary/aromatic N) is 2. The van der Waals surface area contributed by atoms with Gasteiger partial charge < -0.3 is 10.1 Å². The van der Waals surface area contributed by atoms with Crippen LogP contribution in [0.5, 0.6) is 0 Å². The highest BCUT2D eigenvalue weighted by atomic mass is 79.9. The third kappa shape index (κ3) is 4.10. The third-order valence-electron chi connectivity index (χ3n) is 2.67. The van der Waals surface area contributed by atoms with Gasteiger partial charge in [-0.25, -0.2) is 9.97 Å². The average Bonchev–Trinajstić information content (AvgIpc) is 2.89. The zero-order chi connectivity index (χ0) is 12.8. The summed E-state index contributed by atoms with van der Waals surface area (Å²) in [5, 5.41) is 4.19. The molecule has 0 aromatic carbocycles. The first kappa shape index (κ1) is 14.1. The van der Waals surface area contributed by atoms with Crippen LogP contribution in [0.25, 0.3) is 0 Å². The minimum absolute atomic E-state index is 0.379. The topological polar surface area (TPSA) is 47.0 Å². The fourth-order valence-electron chi connectivity index (χ4n) is 1.72. The van der Waals surface area contributed by atoms with Crippen molar-refractivity contribution in [3.63, 3.8) is 0 Å². The molecule has 0 aliphatic carbocycles. The summed E-state index contributed by atoms with van der Waals surface area (Å²) in [5.74, 6) is 1.66. The van der Waals surface area contributed by atoms with E-state index < -0.39 is 0 Å². The lowest BCUT2D eigenvalue weighted by molar-refractivity contribution is 0.129. The number of hydrogen-bond acceptors (Lipinski definition) is 5. The van der Waals surface area contributed by atoms with Gasteiger partial charge in [-0.15, -0.1) is 11.8 Å². The van der Waals surface area contributed by atoms with Gasteiger partial charge in [0, 0.05) is 25.1 Å². The number of aromatic nitrogens is 2. The quantitative estimate of drug-likeness (QED) is 0.640. The van der Waals surface area contributed by atoms with Gasteiger partial charge in [0.15, 0.2) is 0 Å². The molecule has 1 aliphatic rings. The molecular weight excluding hydrogens is 314 g/mol. The summed E-state index contributed by atoms with van der Waals surface area (Å²) < 4.78 is 6.57. The lowest BCUT2D eigenvalue weighted by atomic mass is 10.3. The van der Waals surface area contributed by atoms with Crippen molar-refractivity contribution in [1.29, 1.82) is 0 Å². The van der Waals surface area contributed by atoms with Crippen LogP contribution in [0.3, 0.4) is 0 Å². The van der Waals surface area contributed by atoms with Gasteiger partial charge in [-0.05, 0) is 35.2 Å². The second kappa shape index (κ2) is 7.31. The molecule has 0 radical (unpaired) electrons. The summed E-state index contributed by atoms with van der Waals surface area (Å²) in [6, 6.07) is 0. The third-order valence-corrected chi connectivity index (χ3v) is 4.64. The van der Waals surface area contributed by atoms with Crippen molar-refractivity contribution in [1.82, 2.24) is 9.97 Å². The molecule has 1 aromatic heterocycles. The molecule has 18 heavy (non-hydrogen) atoms. The van der Waals surface area contributed by atoms with Crippen LogP contribution in [0.2, 0.25) is 0 Å². The lowest BCUT2D eigenvalue weighted by Gasteiger charge is -2.10. The normalized spacial score (nSPS) is 19.1. The maximum atomic E-state index is 5.61. The zero-order valence-corrected chi connectivity index (χ0v) is 12.9. The van der Waals surface area contributed by atoms with Crippen LogP contribution >= 0.6 is 27.7 Å². The summed E-state index contributed by atoms with van der Waals surface area (Å²) in [6.07, 6.45) is 5.60. The number of halogens is 1. The van der Waals surface area contributed by atoms with Crippen LogP contribution in [-0.4, -0.2) is 35.0 Å². The van der Waals surface area contributed by atoms with Crippen molar-refractivity contribution in [2.24, 2.45) is 0 Å². The molecular formula is C12H18BrN3OS. The van der Waals surface area contributed by atoms with Gasteiger partial charge in [0.05, 0.1) is 10.6 Å². The predicted molar refractivity (Wildman–Crippen MR) is 78.2 cm³/mol. The summed E-state index contributed by atoms with van der Waals surface area (Å²) in [5.41, 5.74) is 0. The van der Waals surface area contributed by atoms with E-state index >= 15 is 0 Å². The number of thioether (sulfide) groups is 1. The van der Waals surface area contributed by atoms with Crippen molar-refractivity contribution in [2.45, 2.75) is 37.3 Å². The van der Waals surface area contributed by atoms with Gasteiger partial charge in [0.2, 0.25) is 5.95 Å². The monoisotopic (exact) mass is 331 g/mol. The molecule has 1 aromatic rings. The second-order valence-electron chi connectivity index (χ2n) is 4.22. The highest BCUT2D eigenvalue weighted by molar-refractivity contribution is 9.10. The Balaban J connectivity index is 1.92. The van der Waals surface area contributed by atoms with Crippen LogP contribution in [0.4, 0.5) is 5.95 Å². The van der Waals surface area contributed by atoms with E-state index in [2.05, 4.69) is 38.1 Å². The molecule has 4 nitrogen and oxygen atoms in total. The molecule has 1 unspecified atom stereocenters. The van der Waals surface area contributed by atoms with Crippen molar-refractivity contribution < 1.29 is 4.74 Å². The number of hydrogen-bond donors (Lipinski definition) is 1. The molecule has 1 fully saturated rings. The first-order valence-corrected chi connectivity index (χ1v) is 8.08. The maximum absolute atomic E-state index is 5.61. The van der Waals surface area contributed by atoms with E-state index in [1.165, 1.54) is 6.42 Å². The first-order valence-electron chi connectivity index (χ1n) is 6.30. The van der Waals surface area contributed by atoms with Crippen molar-refractivity contribution >= 4 is 33.6 Å². The van der Waals surface area contributed by atoms with E-state index in [0.29, 0.717) is 12.1 Å². The Hall–Kier alpha value is -0.330. The van der Waals surface area contributed by atoms with Crippen molar-refractivity contribution in [3.8, 4) is 0 Å². The minimum atomic E-state index is 0.379. The first-order chi connectivity index (χ1) is 8.79. The smallest absolute Gasteiger partial charge is 0.223 e. The molecule has 0 saturated carbocycles. The van der Waals surface area contributed by atoms with E-state index in [1.54, 1.807) is 11.8 Å². The molecule has 2 rings (SSSR count). The van der Waals surface area contributed by atoms with Gasteiger partial charge in [-0.2, -0.15) is 0 Å². The van der Waals surface area contributed by atoms with Gasteiger partial charge in [-0.3, -0.25) is 0 Å². The Bertz CT molecular complexity index is 386. The molecule has 1 saturated heterocycles. The van der Waals surface area contributed by atoms with E-state index in [-0.39, 0.29) is 0 Å². The highest BCUT2D eigenvalue weighted by Gasteiger charge is 2.17. The van der Waals surface area contributed by atoms with Crippen LogP contribution in [-0.2, 0) is 4.74 Å². The van der Waals surface area contributed by atoms with Crippen molar-refractivity contribution in [2.75, 3.05) is 24.2 Å². The Labute approximate surface area is 120 Å². The van der Waals surface area contributed by atoms with Gasteiger partial charge in [0.1, 0.15) is 5.03 Å². The van der Waals surface area contributed by atoms with Crippen LogP contribution in [0, 0.1) is 0 Å². The Morgan fingerprint density at radius 2 is 2.50 bits per heavy atom. The highest BCUT2D eigenvalue weighted by Crippen LogP contribution is 2.28. The molecule has 6 heteroatoms. The maximum Gasteiger partial charge on any atom is 0.223 e. The van der Waals surface area contributed by atoms with Crippen LogP contribution in [0.15, 0.2) is 15.7 Å². The second-order valence-corrected chi connectivity index (χ2v) is 6.08. The van der Waals surface area contributed by atoms with Gasteiger partial charge >= 0.3 is 0 Å². The molecule has 0 amide bonds. The number of rotatable bonds is 6. The summed E-state index contributed by atoms with van der Waals surface area (Å²) in [4.78, 5) is 8.75. The molecule has 2 heterocycles. The zero-order valence-electron chi connectivity index (χ0n) is 10.5. The number of nitrogens with one attached hydrogen (secondary N) is 1. The summed E-state index contributed by atoms with van der Waals surface area (Å²) in [7, 11) is 0. The predicted octanol–water partition coefficient (Wildman–Crippen LogP) is 3.33. The van der Waals surface area contributed by atoms with E-state index in [4.69, 9.17) is 4.74 Å². The summed E-state index contributed by atoms with van der Waals surface area (Å²) in [6.45, 7) is 3.93. The molecule has 1 atom stereocenters. The van der Waals surface area contributed by atoms with Crippen LogP contribution in [0.1, 0.15) is 26.2 Å². The van der Waals surface area contributed by atoms with Crippen molar-refractivity contribution in [3.05, 3.63) is 10.7 Å². The number of anilines is 1. The molecule has 0 bridgehead atoms. The van der Waals surface area contributed by atoms with Gasteiger partial charge in [-0.1, -0.05) is 6.92 Å². The molecule has 0 spiro atoms. The minimum Gasteiger partial charge on any atom is -0.377 e. The van der Waals surface area contributed by atoms with Crippen LogP contribution < -0.4 is 5.32 Å². The SMILES string of the molecule is CCCNc1ncc(Br)c(SCC2CCCO2)n1. The summed E-state index contributed by atoms with van der Waals surface area (Å²) >= 11 is 5.22. The van der Waals surface area contributed by atoms with E-state index in [1.807, 2.05) is 6.20 Å². The Kier molecular flexibility index (Phi) is 5.72. The molecule has 1 N–H and O–H groups in total. The largest absolute Gasteiger partial charge is 0.377 e. The number of ether oxygens (including phenoxy) is 1. The average molecular weight is 332 g/mol. The standard InChI is InChI=1S/C12H18BrN3OS/c1-2-5-14-12-15-7-10(13)11(16-12)18-8-9-4-3-6-17-9/h7,9H,2-6,8H2,1H3,(H,14,15,16). The Morgan fingerprint density at radius 1 is 1.61 bits per heavy atom. The van der Waals surface area contributed by atoms with E-state index in [0.717, 1.165) is 41.2 Å². The molecule has 1 aliphatic heterocycles. The fraction of sp³-hybridized carbons (Fsp3) is 0.667. The van der Waals surface area contributed by atoms with Gasteiger partial charge in [0.25, 0.3) is 0 Å². The molecule has 100 valence electrons. The van der Waals surface area contributed by atoms with E-state index in [9.17, 15) is 0 Å². The fourth-order valence-corrected chi connectivity index (χ4v) is 3.21. The lowest BCUT2D eigenvalue weighted by Crippen LogP contribution is -2.09.